The van der Waals surface area contributed by atoms with E-state index in [0.717, 1.165) is 5.56 Å². The van der Waals surface area contributed by atoms with Gasteiger partial charge < -0.3 is 15.2 Å². The largest absolute Gasteiger partial charge is 0.394 e. The first-order chi connectivity index (χ1) is 9.85. The van der Waals surface area contributed by atoms with Crippen molar-refractivity contribution >= 4 is 0 Å². The van der Waals surface area contributed by atoms with E-state index in [1.165, 1.54) is 11.1 Å². The third-order valence-electron chi connectivity index (χ3n) is 3.34. The van der Waals surface area contributed by atoms with Crippen LogP contribution in [0.4, 0.5) is 0 Å². The van der Waals surface area contributed by atoms with E-state index in [-0.39, 0.29) is 12.6 Å². The van der Waals surface area contributed by atoms with Crippen LogP contribution in [0.25, 0.3) is 0 Å². The van der Waals surface area contributed by atoms with Gasteiger partial charge in [0.1, 0.15) is 0 Å². The Kier molecular flexibility index (Phi) is 5.74. The van der Waals surface area contributed by atoms with Crippen molar-refractivity contribution in [1.82, 2.24) is 5.32 Å². The van der Waals surface area contributed by atoms with Crippen LogP contribution in [0.2, 0.25) is 0 Å². The molecular formula is C17H21NO2. The second-order valence-electron chi connectivity index (χ2n) is 4.73. The fraction of sp³-hybridized carbons (Fsp3) is 0.294. The Morgan fingerprint density at radius 1 is 1.00 bits per heavy atom. The number of hydrogen-bond donors (Lipinski definition) is 2. The van der Waals surface area contributed by atoms with Crippen LogP contribution >= 0.6 is 0 Å². The van der Waals surface area contributed by atoms with Crippen LogP contribution in [0.15, 0.2) is 54.6 Å². The Morgan fingerprint density at radius 3 is 2.30 bits per heavy atom. The lowest BCUT2D eigenvalue weighted by molar-refractivity contribution is 0.183. The van der Waals surface area contributed by atoms with Crippen LogP contribution < -0.4 is 5.32 Å². The summed E-state index contributed by atoms with van der Waals surface area (Å²) in [6.07, 6.45) is 0. The van der Waals surface area contributed by atoms with Gasteiger partial charge in [0.25, 0.3) is 0 Å². The zero-order valence-electron chi connectivity index (χ0n) is 11.8. The van der Waals surface area contributed by atoms with Gasteiger partial charge in [0.15, 0.2) is 0 Å². The highest BCUT2D eigenvalue weighted by Gasteiger charge is 2.10. The summed E-state index contributed by atoms with van der Waals surface area (Å²) in [4.78, 5) is 0. The van der Waals surface area contributed by atoms with E-state index in [0.29, 0.717) is 13.2 Å². The molecule has 3 heteroatoms. The number of hydrogen-bond acceptors (Lipinski definition) is 3. The van der Waals surface area contributed by atoms with Gasteiger partial charge in [-0.2, -0.15) is 0 Å². The van der Waals surface area contributed by atoms with E-state index in [4.69, 9.17) is 4.74 Å². The molecule has 2 aromatic rings. The molecule has 106 valence electrons. The number of ether oxygens (including phenoxy) is 1. The second-order valence-corrected chi connectivity index (χ2v) is 4.73. The van der Waals surface area contributed by atoms with Crippen molar-refractivity contribution in [2.45, 2.75) is 19.2 Å². The summed E-state index contributed by atoms with van der Waals surface area (Å²) in [7, 11) is 1.70. The molecule has 0 aliphatic carbocycles. The van der Waals surface area contributed by atoms with Crippen molar-refractivity contribution in [3.8, 4) is 0 Å². The standard InChI is InChI=1S/C17H21NO2/c1-20-13-16-10-6-5-9-15(16)11-18-17(12-19)14-7-3-2-4-8-14/h2-10,17-19H,11-13H2,1H3. The predicted molar refractivity (Wildman–Crippen MR) is 80.3 cm³/mol. The van der Waals surface area contributed by atoms with E-state index in [9.17, 15) is 5.11 Å². The molecule has 0 radical (unpaired) electrons. The molecule has 0 spiro atoms. The Hall–Kier alpha value is -1.68. The van der Waals surface area contributed by atoms with E-state index >= 15 is 0 Å². The number of aliphatic hydroxyl groups excluding tert-OH is 1. The first-order valence-electron chi connectivity index (χ1n) is 6.80. The fourth-order valence-corrected chi connectivity index (χ4v) is 2.23. The zero-order chi connectivity index (χ0) is 14.2. The van der Waals surface area contributed by atoms with Crippen molar-refractivity contribution < 1.29 is 9.84 Å². The monoisotopic (exact) mass is 271 g/mol. The van der Waals surface area contributed by atoms with Gasteiger partial charge in [-0.25, -0.2) is 0 Å². The van der Waals surface area contributed by atoms with E-state index < -0.39 is 0 Å². The van der Waals surface area contributed by atoms with Crippen molar-refractivity contribution in [3.63, 3.8) is 0 Å². The van der Waals surface area contributed by atoms with Gasteiger partial charge in [0, 0.05) is 13.7 Å². The van der Waals surface area contributed by atoms with Gasteiger partial charge in [-0.15, -0.1) is 0 Å². The van der Waals surface area contributed by atoms with Gasteiger partial charge in [0.2, 0.25) is 0 Å². The molecule has 1 atom stereocenters. The molecule has 0 aliphatic heterocycles. The van der Waals surface area contributed by atoms with Crippen LogP contribution in [0, 0.1) is 0 Å². The molecule has 2 rings (SSSR count). The molecule has 0 aromatic heterocycles. The molecule has 2 N–H and O–H groups in total. The minimum absolute atomic E-state index is 0.0493. The average molecular weight is 271 g/mol. The summed E-state index contributed by atoms with van der Waals surface area (Å²) in [6.45, 7) is 1.39. The molecule has 0 amide bonds. The third kappa shape index (κ3) is 3.90. The minimum Gasteiger partial charge on any atom is -0.394 e. The van der Waals surface area contributed by atoms with Crippen LogP contribution in [-0.2, 0) is 17.9 Å². The lowest BCUT2D eigenvalue weighted by Crippen LogP contribution is -2.24. The first kappa shape index (κ1) is 14.7. The highest BCUT2D eigenvalue weighted by molar-refractivity contribution is 5.27. The highest BCUT2D eigenvalue weighted by atomic mass is 16.5. The quantitative estimate of drug-likeness (QED) is 0.813. The topological polar surface area (TPSA) is 41.5 Å². The summed E-state index contributed by atoms with van der Waals surface area (Å²) in [6, 6.07) is 18.1. The maximum Gasteiger partial charge on any atom is 0.0716 e. The molecule has 1 unspecified atom stereocenters. The maximum absolute atomic E-state index is 9.54. The summed E-state index contributed by atoms with van der Waals surface area (Å²) < 4.78 is 5.21. The molecule has 3 nitrogen and oxygen atoms in total. The number of aliphatic hydroxyl groups is 1. The summed E-state index contributed by atoms with van der Waals surface area (Å²) >= 11 is 0. The fourth-order valence-electron chi connectivity index (χ4n) is 2.23. The minimum atomic E-state index is -0.0493. The SMILES string of the molecule is COCc1ccccc1CNC(CO)c1ccccc1. The Morgan fingerprint density at radius 2 is 1.65 bits per heavy atom. The van der Waals surface area contributed by atoms with Crippen LogP contribution in [-0.4, -0.2) is 18.8 Å². The molecule has 0 bridgehead atoms. The molecule has 0 heterocycles. The van der Waals surface area contributed by atoms with E-state index in [1.54, 1.807) is 7.11 Å². The van der Waals surface area contributed by atoms with Crippen LogP contribution in [0.1, 0.15) is 22.7 Å². The lowest BCUT2D eigenvalue weighted by atomic mass is 10.1. The predicted octanol–water partition coefficient (Wildman–Crippen LogP) is 2.66. The maximum atomic E-state index is 9.54. The molecule has 2 aromatic carbocycles. The van der Waals surface area contributed by atoms with Gasteiger partial charge in [-0.1, -0.05) is 54.6 Å². The molecule has 0 saturated carbocycles. The third-order valence-corrected chi connectivity index (χ3v) is 3.34. The number of methoxy groups -OCH3 is 1. The molecule has 0 fully saturated rings. The summed E-state index contributed by atoms with van der Waals surface area (Å²) in [5.74, 6) is 0. The second kappa shape index (κ2) is 7.80. The van der Waals surface area contributed by atoms with Gasteiger partial charge >= 0.3 is 0 Å². The molecule has 20 heavy (non-hydrogen) atoms. The van der Waals surface area contributed by atoms with Gasteiger partial charge in [0.05, 0.1) is 19.3 Å². The van der Waals surface area contributed by atoms with Crippen molar-refractivity contribution in [1.29, 1.82) is 0 Å². The Bertz CT molecular complexity index is 513. The van der Waals surface area contributed by atoms with Crippen molar-refractivity contribution in [2.24, 2.45) is 0 Å². The normalized spacial score (nSPS) is 12.3. The van der Waals surface area contributed by atoms with Crippen LogP contribution in [0.3, 0.4) is 0 Å². The smallest absolute Gasteiger partial charge is 0.0716 e. The number of benzene rings is 2. The molecular weight excluding hydrogens is 250 g/mol. The Labute approximate surface area is 120 Å². The number of rotatable bonds is 7. The van der Waals surface area contributed by atoms with Crippen molar-refractivity contribution in [2.75, 3.05) is 13.7 Å². The van der Waals surface area contributed by atoms with Crippen molar-refractivity contribution in [3.05, 3.63) is 71.3 Å². The molecule has 0 saturated heterocycles. The first-order valence-corrected chi connectivity index (χ1v) is 6.80. The Balaban J connectivity index is 2.04. The number of nitrogens with one attached hydrogen (secondary N) is 1. The lowest BCUT2D eigenvalue weighted by Gasteiger charge is -2.18. The summed E-state index contributed by atoms with van der Waals surface area (Å²) in [5.41, 5.74) is 3.47. The molecule has 0 aliphatic rings. The van der Waals surface area contributed by atoms with E-state index in [2.05, 4.69) is 17.4 Å². The van der Waals surface area contributed by atoms with Gasteiger partial charge in [-0.3, -0.25) is 0 Å². The zero-order valence-corrected chi connectivity index (χ0v) is 11.8. The highest BCUT2D eigenvalue weighted by Crippen LogP contribution is 2.15. The summed E-state index contributed by atoms with van der Waals surface area (Å²) in [5, 5.41) is 12.9. The average Bonchev–Trinajstić information content (AvgIpc) is 2.51. The van der Waals surface area contributed by atoms with Gasteiger partial charge in [-0.05, 0) is 16.7 Å². The van der Waals surface area contributed by atoms with Crippen LogP contribution in [0.5, 0.6) is 0 Å². The van der Waals surface area contributed by atoms with E-state index in [1.807, 2.05) is 42.5 Å².